The van der Waals surface area contributed by atoms with E-state index in [9.17, 15) is 18.8 Å². The Morgan fingerprint density at radius 1 is 1.16 bits per heavy atom. The van der Waals surface area contributed by atoms with E-state index in [0.717, 1.165) is 5.56 Å². The van der Waals surface area contributed by atoms with Crippen LogP contribution in [0.5, 0.6) is 0 Å². The fourth-order valence-corrected chi connectivity index (χ4v) is 6.64. The number of carbonyl (C=O) groups is 3. The van der Waals surface area contributed by atoms with Crippen LogP contribution in [-0.4, -0.2) is 94.5 Å². The summed E-state index contributed by atoms with van der Waals surface area (Å²) in [5.41, 5.74) is 2.32. The van der Waals surface area contributed by atoms with E-state index in [4.69, 9.17) is 26.4 Å². The van der Waals surface area contributed by atoms with Crippen LogP contribution in [0.4, 0.5) is 9.18 Å². The molecule has 3 aliphatic rings. The Morgan fingerprint density at radius 2 is 1.95 bits per heavy atom. The van der Waals surface area contributed by atoms with Crippen LogP contribution in [0.15, 0.2) is 70.3 Å². The maximum atomic E-state index is 13.9. The summed E-state index contributed by atoms with van der Waals surface area (Å²) >= 11 is 7.84. The fourth-order valence-electron chi connectivity index (χ4n) is 5.78. The van der Waals surface area contributed by atoms with Gasteiger partial charge in [0.25, 0.3) is 0 Å². The molecule has 2 amide bonds. The Balaban J connectivity index is 1.24. The molecule has 1 aromatic heterocycles. The highest BCUT2D eigenvalue weighted by Gasteiger charge is 2.41. The quantitative estimate of drug-likeness (QED) is 0.357. The lowest BCUT2D eigenvalue weighted by Crippen LogP contribution is -2.53. The van der Waals surface area contributed by atoms with Crippen molar-refractivity contribution >= 4 is 46.7 Å². The lowest BCUT2D eigenvalue weighted by atomic mass is 9.95. The number of amides is 2. The van der Waals surface area contributed by atoms with Crippen molar-refractivity contribution in [1.82, 2.24) is 25.0 Å². The zero-order valence-electron chi connectivity index (χ0n) is 23.6. The first-order valence-corrected chi connectivity index (χ1v) is 15.1. The number of urea groups is 1. The number of piperazine rings is 1. The molecule has 2 aromatic carbocycles. The van der Waals surface area contributed by atoms with Gasteiger partial charge in [-0.1, -0.05) is 29.8 Å². The number of hydrogen-bond acceptors (Lipinski definition) is 9. The Morgan fingerprint density at radius 3 is 2.64 bits per heavy atom. The number of carbonyl (C=O) groups excluding carboxylic acids is 2. The Hall–Kier alpha value is -4.33. The summed E-state index contributed by atoms with van der Waals surface area (Å²) in [5.74, 6) is -1.63. The number of nitrogens with one attached hydrogen (secondary N) is 1. The van der Waals surface area contributed by atoms with Crippen LogP contribution in [-0.2, 0) is 16.1 Å². The van der Waals surface area contributed by atoms with Crippen LogP contribution in [0.2, 0.25) is 5.02 Å². The number of hydrogen-bond donors (Lipinski definition) is 2. The number of carboxylic acid groups (broad SMARTS) is 1. The van der Waals surface area contributed by atoms with Crippen LogP contribution in [0, 0.1) is 5.82 Å². The Bertz CT molecular complexity index is 1660. The van der Waals surface area contributed by atoms with Gasteiger partial charge < -0.3 is 25.0 Å². The summed E-state index contributed by atoms with van der Waals surface area (Å²) in [5, 5.41) is 15.0. The summed E-state index contributed by atoms with van der Waals surface area (Å²) in [4.78, 5) is 52.6. The van der Waals surface area contributed by atoms with E-state index in [-0.39, 0.29) is 28.2 Å². The number of nitrogens with zero attached hydrogens (tertiary/aromatic N) is 5. The van der Waals surface area contributed by atoms with Gasteiger partial charge in [-0.05, 0) is 29.8 Å². The van der Waals surface area contributed by atoms with E-state index >= 15 is 0 Å². The molecule has 2 atom stereocenters. The first-order valence-electron chi connectivity index (χ1n) is 13.8. The zero-order chi connectivity index (χ0) is 31.0. The molecule has 6 rings (SSSR count). The number of aromatic carboxylic acids is 1. The van der Waals surface area contributed by atoms with Gasteiger partial charge in [0, 0.05) is 67.1 Å². The summed E-state index contributed by atoms with van der Waals surface area (Å²) in [6.45, 7) is 2.84. The van der Waals surface area contributed by atoms with E-state index in [1.807, 2.05) is 10.3 Å². The molecule has 2 saturated heterocycles. The zero-order valence-corrected chi connectivity index (χ0v) is 25.1. The molecule has 11 nitrogen and oxygen atoms in total. The van der Waals surface area contributed by atoms with Gasteiger partial charge in [-0.15, -0.1) is 11.3 Å². The van der Waals surface area contributed by atoms with Gasteiger partial charge in [0.15, 0.2) is 10.8 Å². The predicted molar refractivity (Wildman–Crippen MR) is 161 cm³/mol. The Labute approximate surface area is 261 Å². The van der Waals surface area contributed by atoms with Crippen LogP contribution >= 0.6 is 22.9 Å². The second kappa shape index (κ2) is 12.3. The van der Waals surface area contributed by atoms with E-state index in [2.05, 4.69) is 15.2 Å². The van der Waals surface area contributed by atoms with Gasteiger partial charge >= 0.3 is 18.0 Å². The molecule has 0 saturated carbocycles. The molecule has 3 aromatic rings. The molecule has 14 heteroatoms. The maximum absolute atomic E-state index is 13.9. The lowest BCUT2D eigenvalue weighted by Gasteiger charge is -2.38. The van der Waals surface area contributed by atoms with E-state index in [1.54, 1.807) is 23.2 Å². The SMILES string of the molecule is COC(=O)C1=C(CN2CCN3C(=O)N(Cc4ccc(C(=O)O)cc4)C[C@H]3C2)NC(c2nccs2)=NC1c1ccc(F)cc1Cl. The molecule has 0 aliphatic carbocycles. The average Bonchev–Trinajstić information content (AvgIpc) is 3.65. The molecule has 228 valence electrons. The molecule has 3 aliphatic heterocycles. The molecule has 0 bridgehead atoms. The second-order valence-electron chi connectivity index (χ2n) is 10.6. The number of amidine groups is 1. The number of halogens is 2. The van der Waals surface area contributed by atoms with Crippen molar-refractivity contribution in [3.8, 4) is 0 Å². The fraction of sp³-hybridized carbons (Fsp3) is 0.300. The number of ether oxygens (including phenoxy) is 1. The van der Waals surface area contributed by atoms with Crippen LogP contribution in [0.3, 0.4) is 0 Å². The van der Waals surface area contributed by atoms with Crippen molar-refractivity contribution in [3.05, 3.63) is 97.8 Å². The van der Waals surface area contributed by atoms with Crippen molar-refractivity contribution in [2.45, 2.75) is 18.6 Å². The van der Waals surface area contributed by atoms with E-state index in [1.165, 1.54) is 48.8 Å². The first-order chi connectivity index (χ1) is 21.2. The molecular formula is C30H28ClFN6O5S. The number of esters is 1. The number of rotatable bonds is 8. The monoisotopic (exact) mass is 638 g/mol. The smallest absolute Gasteiger partial charge is 0.338 e. The largest absolute Gasteiger partial charge is 0.478 e. The lowest BCUT2D eigenvalue weighted by molar-refractivity contribution is -0.136. The predicted octanol–water partition coefficient (Wildman–Crippen LogP) is 3.77. The molecule has 44 heavy (non-hydrogen) atoms. The van der Waals surface area contributed by atoms with E-state index < -0.39 is 23.8 Å². The summed E-state index contributed by atoms with van der Waals surface area (Å²) in [6.07, 6.45) is 1.66. The molecule has 2 fully saturated rings. The van der Waals surface area contributed by atoms with Crippen LogP contribution in [0.25, 0.3) is 0 Å². The number of methoxy groups -OCH3 is 1. The molecule has 0 spiro atoms. The number of carboxylic acids is 1. The molecule has 0 radical (unpaired) electrons. The molecule has 4 heterocycles. The Kier molecular flexibility index (Phi) is 8.34. The standard InChI is InChI=1S/C30H28ClFN6O5S/c1-43-29(41)24-23(34-26(27-33-8-11-44-27)35-25(24)21-7-6-19(32)12-22(21)31)16-36-9-10-38-20(14-36)15-37(30(38)42)13-17-2-4-18(5-3-17)28(39)40/h2-8,11-12,20,25H,9-10,13-16H2,1H3,(H,34,35)(H,39,40)/t20-,25?/m1/s1. The van der Waals surface area contributed by atoms with Gasteiger partial charge in [0.2, 0.25) is 0 Å². The van der Waals surface area contributed by atoms with Crippen LogP contribution < -0.4 is 5.32 Å². The third-order valence-corrected chi connectivity index (χ3v) is 9.00. The van der Waals surface area contributed by atoms with Gasteiger partial charge in [0.05, 0.1) is 24.3 Å². The number of benzene rings is 2. The van der Waals surface area contributed by atoms with Crippen molar-refractivity contribution < 1.29 is 28.6 Å². The number of aliphatic imine (C=N–C) groups is 1. The van der Waals surface area contributed by atoms with Gasteiger partial charge in [-0.2, -0.15) is 0 Å². The third-order valence-electron chi connectivity index (χ3n) is 7.89. The summed E-state index contributed by atoms with van der Waals surface area (Å²) in [7, 11) is 1.29. The van der Waals surface area contributed by atoms with Crippen molar-refractivity contribution in [2.24, 2.45) is 4.99 Å². The maximum Gasteiger partial charge on any atom is 0.338 e. The number of thiazole rings is 1. The van der Waals surface area contributed by atoms with Gasteiger partial charge in [0.1, 0.15) is 11.9 Å². The van der Waals surface area contributed by atoms with Crippen molar-refractivity contribution in [3.63, 3.8) is 0 Å². The summed E-state index contributed by atoms with van der Waals surface area (Å²) < 4.78 is 19.1. The minimum atomic E-state index is -0.999. The number of fused-ring (bicyclic) bond motifs is 1. The van der Waals surface area contributed by atoms with Gasteiger partial charge in [-0.3, -0.25) is 9.89 Å². The molecular weight excluding hydrogens is 611 g/mol. The highest BCUT2D eigenvalue weighted by atomic mass is 35.5. The normalized spacial score (nSPS) is 20.3. The third kappa shape index (κ3) is 5.90. The topological polar surface area (TPSA) is 128 Å². The highest BCUT2D eigenvalue weighted by Crippen LogP contribution is 2.37. The second-order valence-corrected chi connectivity index (χ2v) is 11.9. The molecule has 2 N–H and O–H groups in total. The van der Waals surface area contributed by atoms with Gasteiger partial charge in [-0.25, -0.2) is 23.8 Å². The first kappa shape index (κ1) is 29.7. The highest BCUT2D eigenvalue weighted by molar-refractivity contribution is 7.11. The average molecular weight is 639 g/mol. The van der Waals surface area contributed by atoms with Crippen LogP contribution in [0.1, 0.15) is 32.5 Å². The minimum absolute atomic E-state index is 0.0635. The molecule has 1 unspecified atom stereocenters. The van der Waals surface area contributed by atoms with Crippen molar-refractivity contribution in [2.75, 3.05) is 39.8 Å². The van der Waals surface area contributed by atoms with E-state index in [0.29, 0.717) is 61.4 Å². The number of aromatic nitrogens is 1. The minimum Gasteiger partial charge on any atom is -0.478 e. The van der Waals surface area contributed by atoms with Crippen molar-refractivity contribution in [1.29, 1.82) is 0 Å². The summed E-state index contributed by atoms with van der Waals surface area (Å²) in [6, 6.07) is 9.50.